The Morgan fingerprint density at radius 1 is 1.29 bits per heavy atom. The quantitative estimate of drug-likeness (QED) is 0.810. The molecule has 5 nitrogen and oxygen atoms in total. The maximum Gasteiger partial charge on any atom is 0.255 e. The van der Waals surface area contributed by atoms with Gasteiger partial charge in [-0.2, -0.15) is 0 Å². The summed E-state index contributed by atoms with van der Waals surface area (Å²) in [6, 6.07) is 6.81. The van der Waals surface area contributed by atoms with Gasteiger partial charge in [0, 0.05) is 43.0 Å². The molecular formula is C22H26FN3O2. The largest absolute Gasteiger partial charge is 0.338 e. The number of piperidine rings is 1. The van der Waals surface area contributed by atoms with Gasteiger partial charge in [0.25, 0.3) is 11.5 Å². The van der Waals surface area contributed by atoms with Crippen LogP contribution in [0.15, 0.2) is 41.5 Å². The van der Waals surface area contributed by atoms with Gasteiger partial charge in [-0.05, 0) is 43.2 Å². The molecule has 6 heteroatoms. The number of pyridine rings is 2. The molecule has 0 unspecified atom stereocenters. The number of amides is 1. The fraction of sp³-hybridized carbons (Fsp3) is 0.500. The molecule has 1 amide bonds. The Kier molecular flexibility index (Phi) is 5.04. The van der Waals surface area contributed by atoms with E-state index in [1.807, 2.05) is 21.6 Å². The molecule has 4 heterocycles. The summed E-state index contributed by atoms with van der Waals surface area (Å²) in [4.78, 5) is 31.3. The third-order valence-corrected chi connectivity index (χ3v) is 6.08. The number of fused-ring (bicyclic) bond motifs is 4. The second-order valence-corrected chi connectivity index (χ2v) is 8.49. The number of carbonyl (C=O) groups is 1. The molecule has 2 aliphatic rings. The number of hydrogen-bond donors (Lipinski definition) is 0. The van der Waals surface area contributed by atoms with Crippen molar-refractivity contribution in [3.8, 4) is 0 Å². The Bertz CT molecular complexity index is 939. The van der Waals surface area contributed by atoms with E-state index < -0.39 is 5.82 Å². The minimum absolute atomic E-state index is 0.0510. The summed E-state index contributed by atoms with van der Waals surface area (Å²) in [5, 5.41) is 0. The molecule has 2 aromatic heterocycles. The summed E-state index contributed by atoms with van der Waals surface area (Å²) in [5.74, 6) is 0.232. The van der Waals surface area contributed by atoms with Crippen LogP contribution in [-0.2, 0) is 0 Å². The van der Waals surface area contributed by atoms with Gasteiger partial charge < -0.3 is 9.47 Å². The molecule has 4 rings (SSSR count). The smallest absolute Gasteiger partial charge is 0.255 e. The lowest BCUT2D eigenvalue weighted by Crippen LogP contribution is -2.51. The highest BCUT2D eigenvalue weighted by atomic mass is 19.1. The molecule has 1 saturated heterocycles. The van der Waals surface area contributed by atoms with Crippen molar-refractivity contribution in [2.24, 2.45) is 11.8 Å². The number of hydrogen-bond acceptors (Lipinski definition) is 3. The Morgan fingerprint density at radius 3 is 2.86 bits per heavy atom. The third kappa shape index (κ3) is 3.48. The third-order valence-electron chi connectivity index (χ3n) is 6.08. The fourth-order valence-corrected chi connectivity index (χ4v) is 4.79. The van der Waals surface area contributed by atoms with Gasteiger partial charge in [-0.15, -0.1) is 0 Å². The average Bonchev–Trinajstić information content (AvgIpc) is 2.67. The molecule has 3 atom stereocenters. The summed E-state index contributed by atoms with van der Waals surface area (Å²) < 4.78 is 15.5. The van der Waals surface area contributed by atoms with Crippen LogP contribution in [0.5, 0.6) is 0 Å². The van der Waals surface area contributed by atoms with Crippen molar-refractivity contribution in [3.63, 3.8) is 0 Å². The molecule has 0 saturated carbocycles. The molecule has 0 radical (unpaired) electrons. The van der Waals surface area contributed by atoms with Crippen LogP contribution in [0.25, 0.3) is 0 Å². The van der Waals surface area contributed by atoms with Crippen molar-refractivity contribution < 1.29 is 9.18 Å². The first-order valence-corrected chi connectivity index (χ1v) is 10.1. The zero-order chi connectivity index (χ0) is 19.8. The Labute approximate surface area is 164 Å². The summed E-state index contributed by atoms with van der Waals surface area (Å²) in [5.41, 5.74) is 1.35. The van der Waals surface area contributed by atoms with E-state index in [9.17, 15) is 14.0 Å². The first-order chi connectivity index (χ1) is 13.4. The van der Waals surface area contributed by atoms with E-state index >= 15 is 0 Å². The normalized spacial score (nSPS) is 23.6. The highest BCUT2D eigenvalue weighted by Gasteiger charge is 2.41. The number of aromatic nitrogens is 2. The second-order valence-electron chi connectivity index (χ2n) is 8.49. The van der Waals surface area contributed by atoms with Crippen LogP contribution in [0.3, 0.4) is 0 Å². The predicted octanol–water partition coefficient (Wildman–Crippen LogP) is 3.62. The molecule has 28 heavy (non-hydrogen) atoms. The monoisotopic (exact) mass is 383 g/mol. The Balaban J connectivity index is 1.67. The van der Waals surface area contributed by atoms with Gasteiger partial charge in [0.05, 0.1) is 11.8 Å². The van der Waals surface area contributed by atoms with Crippen LogP contribution in [0.1, 0.15) is 61.1 Å². The van der Waals surface area contributed by atoms with Crippen molar-refractivity contribution in [2.45, 2.75) is 45.1 Å². The Hall–Kier alpha value is -2.50. The molecule has 2 aromatic rings. The highest BCUT2D eigenvalue weighted by molar-refractivity contribution is 5.94. The number of likely N-dealkylation sites (tertiary alicyclic amines) is 1. The lowest BCUT2D eigenvalue weighted by Gasteiger charge is -2.47. The molecule has 0 spiro atoms. The van der Waals surface area contributed by atoms with Crippen LogP contribution >= 0.6 is 0 Å². The van der Waals surface area contributed by atoms with E-state index in [1.165, 1.54) is 12.3 Å². The summed E-state index contributed by atoms with van der Waals surface area (Å²) in [7, 11) is 0. The van der Waals surface area contributed by atoms with Crippen molar-refractivity contribution >= 4 is 5.91 Å². The first-order valence-electron chi connectivity index (χ1n) is 10.1. The van der Waals surface area contributed by atoms with E-state index in [1.54, 1.807) is 6.07 Å². The molecule has 2 aliphatic heterocycles. The van der Waals surface area contributed by atoms with Gasteiger partial charge in [-0.25, -0.2) is 4.39 Å². The number of halogens is 1. The van der Waals surface area contributed by atoms with Crippen LogP contribution < -0.4 is 5.56 Å². The predicted molar refractivity (Wildman–Crippen MR) is 105 cm³/mol. The fourth-order valence-electron chi connectivity index (χ4n) is 4.79. The van der Waals surface area contributed by atoms with Gasteiger partial charge in [0.15, 0.2) is 0 Å². The average molecular weight is 383 g/mol. The molecule has 1 fully saturated rings. The molecule has 0 aromatic carbocycles. The van der Waals surface area contributed by atoms with Crippen molar-refractivity contribution in [1.29, 1.82) is 0 Å². The standard InChI is InChI=1S/C22H26FN3O2/c1-14(2)6-7-20-17-8-16(19-4-3-5-21(27)26(19)20)12-25(13-17)22(28)15-9-18(23)11-24-10-15/h3-5,9-11,14,16-17,20H,6-8,12-13H2,1-2H3/t16-,17+,20+/m1/s1. The number of rotatable bonds is 4. The van der Waals surface area contributed by atoms with Gasteiger partial charge in [-0.1, -0.05) is 19.9 Å². The number of carbonyl (C=O) groups excluding carboxylic acids is 1. The summed E-state index contributed by atoms with van der Waals surface area (Å²) in [6.45, 7) is 5.52. The first kappa shape index (κ1) is 18.8. The van der Waals surface area contributed by atoms with E-state index in [2.05, 4.69) is 18.8 Å². The van der Waals surface area contributed by atoms with E-state index in [0.29, 0.717) is 19.0 Å². The minimum Gasteiger partial charge on any atom is -0.338 e. The van der Waals surface area contributed by atoms with Gasteiger partial charge in [-0.3, -0.25) is 14.6 Å². The van der Waals surface area contributed by atoms with Crippen LogP contribution in [-0.4, -0.2) is 33.4 Å². The lowest BCUT2D eigenvalue weighted by molar-refractivity contribution is 0.0512. The highest BCUT2D eigenvalue weighted by Crippen LogP contribution is 2.43. The second kappa shape index (κ2) is 7.49. The van der Waals surface area contributed by atoms with Gasteiger partial charge in [0.2, 0.25) is 0 Å². The zero-order valence-corrected chi connectivity index (χ0v) is 16.3. The Morgan fingerprint density at radius 2 is 2.11 bits per heavy atom. The maximum atomic E-state index is 13.5. The van der Waals surface area contributed by atoms with E-state index in [0.717, 1.165) is 31.2 Å². The zero-order valence-electron chi connectivity index (χ0n) is 16.3. The molecule has 2 bridgehead atoms. The molecule has 0 N–H and O–H groups in total. The van der Waals surface area contributed by atoms with Crippen LogP contribution in [0.2, 0.25) is 0 Å². The van der Waals surface area contributed by atoms with Gasteiger partial charge in [0.1, 0.15) is 5.82 Å². The van der Waals surface area contributed by atoms with Crippen molar-refractivity contribution in [2.75, 3.05) is 13.1 Å². The number of nitrogens with zero attached hydrogens (tertiary/aromatic N) is 3. The van der Waals surface area contributed by atoms with Crippen molar-refractivity contribution in [1.82, 2.24) is 14.5 Å². The van der Waals surface area contributed by atoms with Crippen LogP contribution in [0.4, 0.5) is 4.39 Å². The lowest BCUT2D eigenvalue weighted by atomic mass is 9.76. The molecule has 0 aliphatic carbocycles. The molecule has 148 valence electrons. The molecular weight excluding hydrogens is 357 g/mol. The van der Waals surface area contributed by atoms with Gasteiger partial charge >= 0.3 is 0 Å². The van der Waals surface area contributed by atoms with E-state index in [-0.39, 0.29) is 34.9 Å². The van der Waals surface area contributed by atoms with Crippen LogP contribution in [0, 0.1) is 17.7 Å². The maximum absolute atomic E-state index is 13.5. The topological polar surface area (TPSA) is 55.2 Å². The SMILES string of the molecule is CC(C)CC[C@H]1[C@H]2C[C@H](CN(C(=O)c3cncc(F)c3)C2)c2cccc(=O)n21. The summed E-state index contributed by atoms with van der Waals surface area (Å²) >= 11 is 0. The van der Waals surface area contributed by atoms with Crippen molar-refractivity contribution in [3.05, 3.63) is 64.1 Å². The minimum atomic E-state index is -0.505. The van der Waals surface area contributed by atoms with E-state index in [4.69, 9.17) is 0 Å². The summed E-state index contributed by atoms with van der Waals surface area (Å²) in [6.07, 6.45) is 5.47.